The molecule has 0 amide bonds. The fraction of sp³-hybridized carbons (Fsp3) is 0.133. The van der Waals surface area contributed by atoms with Crippen LogP contribution in [-0.4, -0.2) is 19.5 Å². The summed E-state index contributed by atoms with van der Waals surface area (Å²) in [5, 5.41) is 8.91. The van der Waals surface area contributed by atoms with Crippen LogP contribution in [0.25, 0.3) is 0 Å². The molecule has 2 rings (SSSR count). The van der Waals surface area contributed by atoms with E-state index >= 15 is 0 Å². The zero-order valence-corrected chi connectivity index (χ0v) is 13.1. The summed E-state index contributed by atoms with van der Waals surface area (Å²) in [6, 6.07) is 6.05. The molecule has 0 heterocycles. The summed E-state index contributed by atoms with van der Waals surface area (Å²) in [5.41, 5.74) is -1.36. The van der Waals surface area contributed by atoms with Crippen molar-refractivity contribution in [1.29, 1.82) is 0 Å². The van der Waals surface area contributed by atoms with Crippen LogP contribution in [0.4, 0.5) is 18.9 Å². The van der Waals surface area contributed by atoms with Gasteiger partial charge in [0.15, 0.2) is 0 Å². The number of hydrogen-bond acceptors (Lipinski definition) is 3. The van der Waals surface area contributed by atoms with Crippen LogP contribution >= 0.6 is 0 Å². The van der Waals surface area contributed by atoms with Gasteiger partial charge in [-0.05, 0) is 31.2 Å². The molecule has 0 saturated heterocycles. The van der Waals surface area contributed by atoms with Crippen molar-refractivity contribution >= 4 is 21.7 Å². The maximum Gasteiger partial charge on any atom is 0.335 e. The van der Waals surface area contributed by atoms with Crippen molar-refractivity contribution in [1.82, 2.24) is 0 Å². The summed E-state index contributed by atoms with van der Waals surface area (Å²) in [5.74, 6) is -2.50. The summed E-state index contributed by atoms with van der Waals surface area (Å²) in [6.45, 7) is 1.17. The van der Waals surface area contributed by atoms with E-state index in [1.54, 1.807) is 0 Å². The average Bonchev–Trinajstić information content (AvgIpc) is 2.49. The summed E-state index contributed by atoms with van der Waals surface area (Å²) < 4.78 is 65.9. The number of carbonyl (C=O) groups is 1. The molecule has 24 heavy (non-hydrogen) atoms. The predicted molar refractivity (Wildman–Crippen MR) is 80.3 cm³/mol. The largest absolute Gasteiger partial charge is 0.478 e. The zero-order chi connectivity index (χ0) is 18.1. The quantitative estimate of drug-likeness (QED) is 0.855. The fourth-order valence-corrected chi connectivity index (χ4v) is 3.33. The van der Waals surface area contributed by atoms with E-state index in [2.05, 4.69) is 0 Å². The molecule has 0 atom stereocenters. The molecular weight excluding hydrogens is 347 g/mol. The van der Waals surface area contributed by atoms with Crippen LogP contribution in [0, 0.1) is 12.7 Å². The van der Waals surface area contributed by atoms with E-state index in [9.17, 15) is 26.4 Å². The highest BCUT2D eigenvalue weighted by Crippen LogP contribution is 2.26. The molecule has 9 heteroatoms. The lowest BCUT2D eigenvalue weighted by atomic mass is 10.1. The van der Waals surface area contributed by atoms with E-state index in [0.717, 1.165) is 18.2 Å². The molecular formula is C15H12F3NO4S. The van der Waals surface area contributed by atoms with E-state index < -0.39 is 44.3 Å². The second-order valence-corrected chi connectivity index (χ2v) is 6.57. The summed E-state index contributed by atoms with van der Waals surface area (Å²) >= 11 is 0. The second-order valence-electron chi connectivity index (χ2n) is 4.92. The topological polar surface area (TPSA) is 83.5 Å². The fourth-order valence-electron chi connectivity index (χ4n) is 2.00. The van der Waals surface area contributed by atoms with Crippen LogP contribution in [-0.2, 0) is 10.0 Å². The normalized spacial score (nSPS) is 11.5. The first-order valence-corrected chi connectivity index (χ1v) is 8.04. The number of rotatable bonds is 5. The number of nitrogens with one attached hydrogen (secondary N) is 1. The highest BCUT2D eigenvalue weighted by atomic mass is 32.2. The van der Waals surface area contributed by atoms with Gasteiger partial charge in [-0.15, -0.1) is 0 Å². The lowest BCUT2D eigenvalue weighted by Gasteiger charge is -2.12. The molecule has 2 aromatic carbocycles. The Kier molecular flexibility index (Phi) is 4.83. The van der Waals surface area contributed by atoms with Gasteiger partial charge < -0.3 is 5.11 Å². The Bertz CT molecular complexity index is 898. The first kappa shape index (κ1) is 17.8. The number of alkyl halides is 2. The van der Waals surface area contributed by atoms with Gasteiger partial charge in [0.05, 0.1) is 10.5 Å². The van der Waals surface area contributed by atoms with Crippen LogP contribution < -0.4 is 4.72 Å². The van der Waals surface area contributed by atoms with Crippen LogP contribution in [0.1, 0.15) is 27.9 Å². The van der Waals surface area contributed by atoms with Crippen LogP contribution in [0.3, 0.4) is 0 Å². The van der Waals surface area contributed by atoms with Gasteiger partial charge in [0.25, 0.3) is 16.4 Å². The Morgan fingerprint density at radius 3 is 2.46 bits per heavy atom. The molecule has 0 fully saturated rings. The highest BCUT2D eigenvalue weighted by Gasteiger charge is 2.22. The molecule has 128 valence electrons. The minimum atomic E-state index is -4.36. The summed E-state index contributed by atoms with van der Waals surface area (Å²) in [7, 11) is -4.36. The van der Waals surface area contributed by atoms with Crippen molar-refractivity contribution in [2.24, 2.45) is 0 Å². The molecule has 0 spiro atoms. The molecule has 2 aromatic rings. The first-order chi connectivity index (χ1) is 11.1. The molecule has 0 radical (unpaired) electrons. The number of benzene rings is 2. The third-order valence-corrected chi connectivity index (χ3v) is 4.73. The van der Waals surface area contributed by atoms with Gasteiger partial charge in [-0.1, -0.05) is 12.1 Å². The molecule has 0 aromatic heterocycles. The Morgan fingerprint density at radius 2 is 1.88 bits per heavy atom. The number of anilines is 1. The minimum Gasteiger partial charge on any atom is -0.478 e. The van der Waals surface area contributed by atoms with Gasteiger partial charge in [0.2, 0.25) is 0 Å². The molecule has 2 N–H and O–H groups in total. The monoisotopic (exact) mass is 359 g/mol. The standard InChI is InChI=1S/C15H12F3NO4S/c1-8-12(16)6-10(15(20)21)7-13(8)24(22,23)19-11-4-2-3-9(5-11)14(17)18/h2-7,14,19H,1H3,(H,20,21). The van der Waals surface area contributed by atoms with Crippen LogP contribution in [0.5, 0.6) is 0 Å². The van der Waals surface area contributed by atoms with Crippen molar-refractivity contribution in [3.63, 3.8) is 0 Å². The van der Waals surface area contributed by atoms with Gasteiger partial charge in [-0.3, -0.25) is 4.72 Å². The van der Waals surface area contributed by atoms with Gasteiger partial charge in [0, 0.05) is 16.8 Å². The Balaban J connectivity index is 2.48. The van der Waals surface area contributed by atoms with Crippen molar-refractivity contribution in [2.75, 3.05) is 4.72 Å². The van der Waals surface area contributed by atoms with Crippen molar-refractivity contribution in [3.8, 4) is 0 Å². The summed E-state index contributed by atoms with van der Waals surface area (Å²) in [4.78, 5) is 10.4. The minimum absolute atomic E-state index is 0.145. The van der Waals surface area contributed by atoms with Gasteiger partial charge in [-0.25, -0.2) is 26.4 Å². The van der Waals surface area contributed by atoms with Gasteiger partial charge >= 0.3 is 5.97 Å². The third-order valence-electron chi connectivity index (χ3n) is 3.22. The van der Waals surface area contributed by atoms with E-state index in [1.165, 1.54) is 19.1 Å². The van der Waals surface area contributed by atoms with Gasteiger partial charge in [-0.2, -0.15) is 0 Å². The first-order valence-electron chi connectivity index (χ1n) is 6.56. The predicted octanol–water partition coefficient (Wildman–Crippen LogP) is 3.57. The Morgan fingerprint density at radius 1 is 1.21 bits per heavy atom. The maximum absolute atomic E-state index is 13.8. The maximum atomic E-state index is 13.8. The van der Waals surface area contributed by atoms with Crippen LogP contribution in [0.2, 0.25) is 0 Å². The highest BCUT2D eigenvalue weighted by molar-refractivity contribution is 7.92. The average molecular weight is 359 g/mol. The van der Waals surface area contributed by atoms with E-state index in [0.29, 0.717) is 6.07 Å². The number of carboxylic acid groups (broad SMARTS) is 1. The molecule has 0 unspecified atom stereocenters. The number of carboxylic acids is 1. The molecule has 5 nitrogen and oxygen atoms in total. The molecule has 0 aliphatic carbocycles. The number of aromatic carboxylic acids is 1. The Hall–Kier alpha value is -2.55. The third kappa shape index (κ3) is 3.67. The van der Waals surface area contributed by atoms with Crippen LogP contribution in [0.15, 0.2) is 41.3 Å². The second kappa shape index (κ2) is 6.52. The van der Waals surface area contributed by atoms with Gasteiger partial charge in [0.1, 0.15) is 5.82 Å². The Labute approximate surface area is 135 Å². The van der Waals surface area contributed by atoms with E-state index in [4.69, 9.17) is 5.11 Å². The smallest absolute Gasteiger partial charge is 0.335 e. The zero-order valence-electron chi connectivity index (χ0n) is 12.3. The molecule has 0 bridgehead atoms. The number of halogens is 3. The molecule has 0 aliphatic heterocycles. The molecule has 0 aliphatic rings. The number of sulfonamides is 1. The van der Waals surface area contributed by atoms with Crippen molar-refractivity contribution < 1.29 is 31.5 Å². The lowest BCUT2D eigenvalue weighted by Crippen LogP contribution is -2.16. The van der Waals surface area contributed by atoms with E-state index in [-0.39, 0.29) is 11.3 Å². The number of hydrogen-bond donors (Lipinski definition) is 2. The van der Waals surface area contributed by atoms with Crippen molar-refractivity contribution in [3.05, 3.63) is 58.9 Å². The molecule has 0 saturated carbocycles. The van der Waals surface area contributed by atoms with E-state index in [1.807, 2.05) is 4.72 Å². The summed E-state index contributed by atoms with van der Waals surface area (Å²) in [6.07, 6.45) is -2.79. The SMILES string of the molecule is Cc1c(F)cc(C(=O)O)cc1S(=O)(=O)Nc1cccc(C(F)F)c1. The van der Waals surface area contributed by atoms with Crippen molar-refractivity contribution in [2.45, 2.75) is 18.2 Å². The lowest BCUT2D eigenvalue weighted by molar-refractivity contribution is 0.0696.